The third-order valence-electron chi connectivity index (χ3n) is 5.62. The Morgan fingerprint density at radius 2 is 1.78 bits per heavy atom. The van der Waals surface area contributed by atoms with Crippen molar-refractivity contribution in [3.8, 4) is 0 Å². The number of hydrogen-bond acceptors (Lipinski definition) is 7. The van der Waals surface area contributed by atoms with Crippen LogP contribution >= 0.6 is 23.2 Å². The normalized spacial score (nSPS) is 17.3. The summed E-state index contributed by atoms with van der Waals surface area (Å²) in [6, 6.07) is 8.14. The SMILES string of the molecule is C=C(C)C(=O)Nc1ccccc1Nc1cc(N(C)C(=O)NC2=C(Cl)C(OC)C(C)C(OC)=C2Cl)ncn1. The van der Waals surface area contributed by atoms with Crippen molar-refractivity contribution in [3.05, 3.63) is 70.3 Å². The molecule has 0 saturated carbocycles. The smallest absolute Gasteiger partial charge is 0.327 e. The molecule has 3 rings (SSSR count). The van der Waals surface area contributed by atoms with Crippen LogP contribution in [0.1, 0.15) is 13.8 Å². The first-order valence-electron chi connectivity index (χ1n) is 11.1. The maximum Gasteiger partial charge on any atom is 0.327 e. The fourth-order valence-corrected chi connectivity index (χ4v) is 4.45. The van der Waals surface area contributed by atoms with E-state index in [1.165, 1.54) is 32.5 Å². The number of para-hydroxylation sites is 2. The summed E-state index contributed by atoms with van der Waals surface area (Å²) in [6.07, 6.45) is 0.766. The predicted molar refractivity (Wildman–Crippen MR) is 145 cm³/mol. The van der Waals surface area contributed by atoms with E-state index in [2.05, 4.69) is 32.5 Å². The molecule has 0 aliphatic heterocycles. The number of allylic oxidation sites excluding steroid dienone is 1. The Morgan fingerprint density at radius 3 is 2.41 bits per heavy atom. The highest BCUT2D eigenvalue weighted by molar-refractivity contribution is 6.36. The van der Waals surface area contributed by atoms with Crippen molar-refractivity contribution in [2.75, 3.05) is 36.8 Å². The summed E-state index contributed by atoms with van der Waals surface area (Å²) in [6.45, 7) is 7.13. The Bertz CT molecular complexity index is 1280. The maximum atomic E-state index is 13.1. The minimum atomic E-state index is -0.551. The molecule has 37 heavy (non-hydrogen) atoms. The molecule has 2 aromatic rings. The Hall–Kier alpha value is -3.60. The molecule has 1 aromatic heterocycles. The summed E-state index contributed by atoms with van der Waals surface area (Å²) in [7, 11) is 4.54. The number of benzene rings is 1. The van der Waals surface area contributed by atoms with Gasteiger partial charge >= 0.3 is 6.03 Å². The van der Waals surface area contributed by atoms with E-state index in [0.29, 0.717) is 28.5 Å². The van der Waals surface area contributed by atoms with E-state index in [4.69, 9.17) is 32.7 Å². The van der Waals surface area contributed by atoms with Gasteiger partial charge in [0, 0.05) is 31.7 Å². The summed E-state index contributed by atoms with van der Waals surface area (Å²) in [5, 5.41) is 9.08. The molecule has 3 N–H and O–H groups in total. The van der Waals surface area contributed by atoms with Crippen LogP contribution in [0.3, 0.4) is 0 Å². The minimum absolute atomic E-state index is 0.188. The number of hydrogen-bond donors (Lipinski definition) is 3. The zero-order chi connectivity index (χ0) is 27.3. The highest BCUT2D eigenvalue weighted by atomic mass is 35.5. The van der Waals surface area contributed by atoms with E-state index in [-0.39, 0.29) is 33.4 Å². The second-order valence-corrected chi connectivity index (χ2v) is 8.99. The second kappa shape index (κ2) is 12.1. The van der Waals surface area contributed by atoms with Gasteiger partial charge in [0.15, 0.2) is 0 Å². The number of amides is 3. The third kappa shape index (κ3) is 6.22. The van der Waals surface area contributed by atoms with Crippen molar-refractivity contribution in [1.82, 2.24) is 15.3 Å². The number of aromatic nitrogens is 2. The van der Waals surface area contributed by atoms with Crippen molar-refractivity contribution < 1.29 is 19.1 Å². The number of ether oxygens (including phenoxy) is 2. The maximum absolute atomic E-state index is 13.1. The van der Waals surface area contributed by atoms with Gasteiger partial charge in [-0.25, -0.2) is 14.8 Å². The molecule has 0 spiro atoms. The van der Waals surface area contributed by atoms with Gasteiger partial charge in [0.1, 0.15) is 34.9 Å². The highest BCUT2D eigenvalue weighted by Gasteiger charge is 2.36. The van der Waals surface area contributed by atoms with Gasteiger partial charge in [0.05, 0.1) is 29.2 Å². The first-order valence-corrected chi connectivity index (χ1v) is 11.9. The number of nitrogens with one attached hydrogen (secondary N) is 3. The molecular weight excluding hydrogens is 519 g/mol. The molecule has 0 fully saturated rings. The third-order valence-corrected chi connectivity index (χ3v) is 6.40. The highest BCUT2D eigenvalue weighted by Crippen LogP contribution is 2.39. The molecule has 0 radical (unpaired) electrons. The number of anilines is 4. The molecule has 1 aliphatic carbocycles. The summed E-state index contributed by atoms with van der Waals surface area (Å²) in [4.78, 5) is 34.9. The van der Waals surface area contributed by atoms with Gasteiger partial charge in [-0.3, -0.25) is 9.69 Å². The van der Waals surface area contributed by atoms with Gasteiger partial charge in [-0.2, -0.15) is 0 Å². The molecule has 0 saturated heterocycles. The Morgan fingerprint density at radius 1 is 1.11 bits per heavy atom. The zero-order valence-electron chi connectivity index (χ0n) is 21.1. The lowest BCUT2D eigenvalue weighted by Gasteiger charge is -2.31. The number of nitrogens with zero attached hydrogens (tertiary/aromatic N) is 3. The molecule has 2 unspecified atom stereocenters. The molecule has 196 valence electrons. The van der Waals surface area contributed by atoms with Crippen LogP contribution in [0.4, 0.5) is 27.8 Å². The van der Waals surface area contributed by atoms with Crippen LogP contribution in [0.2, 0.25) is 0 Å². The van der Waals surface area contributed by atoms with E-state index in [1.54, 1.807) is 31.2 Å². The lowest BCUT2D eigenvalue weighted by Crippen LogP contribution is -2.40. The summed E-state index contributed by atoms with van der Waals surface area (Å²) in [5.41, 5.74) is 1.70. The van der Waals surface area contributed by atoms with Crippen molar-refractivity contribution in [2.24, 2.45) is 5.92 Å². The Kier molecular flexibility index (Phi) is 9.14. The lowest BCUT2D eigenvalue weighted by atomic mass is 9.95. The van der Waals surface area contributed by atoms with Gasteiger partial charge in [-0.1, -0.05) is 48.8 Å². The lowest BCUT2D eigenvalue weighted by molar-refractivity contribution is -0.112. The first kappa shape index (κ1) is 28.0. The van der Waals surface area contributed by atoms with E-state index in [0.717, 1.165) is 0 Å². The van der Waals surface area contributed by atoms with Crippen molar-refractivity contribution >= 4 is 58.2 Å². The Labute approximate surface area is 225 Å². The van der Waals surface area contributed by atoms with Crippen molar-refractivity contribution in [1.29, 1.82) is 0 Å². The van der Waals surface area contributed by atoms with E-state index in [1.807, 2.05) is 13.0 Å². The van der Waals surface area contributed by atoms with E-state index >= 15 is 0 Å². The van der Waals surface area contributed by atoms with Gasteiger partial charge in [0.2, 0.25) is 0 Å². The minimum Gasteiger partial charge on any atom is -0.499 e. The fourth-order valence-electron chi connectivity index (χ4n) is 3.59. The molecule has 1 heterocycles. The fraction of sp³-hybridized carbons (Fsp3) is 0.280. The van der Waals surface area contributed by atoms with Crippen LogP contribution < -0.4 is 20.9 Å². The molecule has 0 bridgehead atoms. The van der Waals surface area contributed by atoms with Gasteiger partial charge < -0.3 is 25.4 Å². The number of carbonyl (C=O) groups is 2. The monoisotopic (exact) mass is 546 g/mol. The molecule has 2 atom stereocenters. The molecule has 10 nitrogen and oxygen atoms in total. The predicted octanol–water partition coefficient (Wildman–Crippen LogP) is 5.09. The largest absolute Gasteiger partial charge is 0.499 e. The second-order valence-electron chi connectivity index (χ2n) is 8.21. The summed E-state index contributed by atoms with van der Waals surface area (Å²) in [5.74, 6) is 0.576. The van der Waals surface area contributed by atoms with E-state index < -0.39 is 12.1 Å². The quantitative estimate of drug-likeness (QED) is 0.394. The van der Waals surface area contributed by atoms with Crippen LogP contribution in [0, 0.1) is 5.92 Å². The van der Waals surface area contributed by atoms with Crippen LogP contribution in [0.25, 0.3) is 0 Å². The van der Waals surface area contributed by atoms with Crippen LogP contribution in [0.5, 0.6) is 0 Å². The van der Waals surface area contributed by atoms with E-state index in [9.17, 15) is 9.59 Å². The number of urea groups is 1. The van der Waals surface area contributed by atoms with Crippen molar-refractivity contribution in [3.63, 3.8) is 0 Å². The van der Waals surface area contributed by atoms with Gasteiger partial charge in [0.25, 0.3) is 5.91 Å². The number of methoxy groups -OCH3 is 2. The topological polar surface area (TPSA) is 118 Å². The molecule has 3 amide bonds. The molecule has 1 aliphatic rings. The number of halogens is 2. The summed E-state index contributed by atoms with van der Waals surface area (Å²) < 4.78 is 10.9. The van der Waals surface area contributed by atoms with Gasteiger partial charge in [-0.05, 0) is 19.1 Å². The van der Waals surface area contributed by atoms with Crippen LogP contribution in [-0.4, -0.2) is 49.3 Å². The average Bonchev–Trinajstić information content (AvgIpc) is 2.87. The van der Waals surface area contributed by atoms with Gasteiger partial charge in [-0.15, -0.1) is 0 Å². The Balaban J connectivity index is 1.82. The summed E-state index contributed by atoms with van der Waals surface area (Å²) >= 11 is 13.0. The molecule has 1 aromatic carbocycles. The zero-order valence-corrected chi connectivity index (χ0v) is 22.6. The molecule has 12 heteroatoms. The van der Waals surface area contributed by atoms with Crippen LogP contribution in [-0.2, 0) is 14.3 Å². The average molecular weight is 547 g/mol. The number of carbonyl (C=O) groups excluding carboxylic acids is 2. The van der Waals surface area contributed by atoms with Crippen molar-refractivity contribution in [2.45, 2.75) is 20.0 Å². The number of rotatable bonds is 8. The first-order chi connectivity index (χ1) is 17.6. The molecular formula is C25H28Cl2N6O4. The van der Waals surface area contributed by atoms with Crippen LogP contribution in [0.15, 0.2) is 70.3 Å². The standard InChI is InChI=1S/C25H28Cl2N6O4/c1-13(2)24(34)31-16-10-8-7-9-15(16)30-17-11-18(29-12-28-17)33(4)25(35)32-21-19(26)22(36-5)14(3)23(37-6)20(21)27/h7-12,14,22H,1H2,2-6H3,(H,31,34)(H,32,35)(H,28,29,30).